The lowest BCUT2D eigenvalue weighted by Crippen LogP contribution is -2.55. The number of hydrogen-bond donors (Lipinski definition) is 2. The van der Waals surface area contributed by atoms with E-state index in [-0.39, 0.29) is 13.2 Å². The lowest BCUT2D eigenvalue weighted by molar-refractivity contribution is -0.285. The minimum Gasteiger partial charge on any atom is -0.463 e. The number of aliphatic hydroxyl groups excluding tert-OH is 2. The Bertz CT molecular complexity index is 351. The summed E-state index contributed by atoms with van der Waals surface area (Å²) in [5.41, 5.74) is 0. The Hall–Kier alpha value is -0.770. The molecule has 24 heavy (non-hydrogen) atoms. The van der Waals surface area contributed by atoms with E-state index in [1.54, 1.807) is 6.92 Å². The molecule has 0 aliphatic carbocycles. The van der Waals surface area contributed by atoms with Crippen LogP contribution < -0.4 is 0 Å². The van der Waals surface area contributed by atoms with Gasteiger partial charge in [-0.2, -0.15) is 0 Å². The minimum absolute atomic E-state index is 0.134. The number of carbonyl (C=O) groups excluding carboxylic acids is 1. The van der Waals surface area contributed by atoms with Crippen molar-refractivity contribution in [1.82, 2.24) is 0 Å². The number of carbonyl (C=O) groups is 1. The average molecular weight is 350 g/mol. The van der Waals surface area contributed by atoms with Gasteiger partial charge in [0.25, 0.3) is 0 Å². The third-order valence-electron chi connectivity index (χ3n) is 3.69. The van der Waals surface area contributed by atoms with Crippen molar-refractivity contribution in [2.75, 3.05) is 39.6 Å². The molecule has 0 aromatic rings. The number of esters is 1. The lowest BCUT2D eigenvalue weighted by atomic mass is 9.92. The molecule has 0 radical (unpaired) electrons. The number of ether oxygens (including phenoxy) is 5. The number of aliphatic hydroxyl groups is 2. The van der Waals surface area contributed by atoms with Gasteiger partial charge in [-0.05, 0) is 6.42 Å². The highest BCUT2D eigenvalue weighted by atomic mass is 16.7. The first kappa shape index (κ1) is 21.3. The lowest BCUT2D eigenvalue weighted by Gasteiger charge is -2.40. The van der Waals surface area contributed by atoms with Crippen LogP contribution in [0.2, 0.25) is 0 Å². The van der Waals surface area contributed by atoms with Crippen molar-refractivity contribution in [3.63, 3.8) is 0 Å². The van der Waals surface area contributed by atoms with Crippen molar-refractivity contribution in [2.24, 2.45) is 5.92 Å². The molecule has 0 amide bonds. The zero-order chi connectivity index (χ0) is 17.9. The van der Waals surface area contributed by atoms with Gasteiger partial charge in [-0.1, -0.05) is 13.8 Å². The molecule has 1 heterocycles. The predicted molar refractivity (Wildman–Crippen MR) is 84.4 cm³/mol. The molecule has 1 aliphatic heterocycles. The SMILES string of the molecule is CCCOCCOCCO[C@@H]1OC(COC(C)=O)[C@H](O)C(O)[C@@H]1C. The molecular formula is C16H30O8. The Kier molecular flexibility index (Phi) is 10.4. The molecule has 2 unspecified atom stereocenters. The van der Waals surface area contributed by atoms with E-state index in [4.69, 9.17) is 23.7 Å². The second kappa shape index (κ2) is 11.7. The third-order valence-corrected chi connectivity index (χ3v) is 3.69. The molecule has 2 N–H and O–H groups in total. The van der Waals surface area contributed by atoms with Crippen molar-refractivity contribution in [3.8, 4) is 0 Å². The molecule has 1 rings (SSSR count). The molecule has 5 atom stereocenters. The highest BCUT2D eigenvalue weighted by Crippen LogP contribution is 2.27. The van der Waals surface area contributed by atoms with Crippen LogP contribution in [-0.4, -0.2) is 80.4 Å². The van der Waals surface area contributed by atoms with Crippen LogP contribution in [0.1, 0.15) is 27.2 Å². The van der Waals surface area contributed by atoms with E-state index in [1.165, 1.54) is 6.92 Å². The van der Waals surface area contributed by atoms with Gasteiger partial charge in [-0.25, -0.2) is 0 Å². The molecule has 142 valence electrons. The first-order chi connectivity index (χ1) is 11.5. The molecule has 1 aliphatic rings. The van der Waals surface area contributed by atoms with Crippen molar-refractivity contribution in [1.29, 1.82) is 0 Å². The van der Waals surface area contributed by atoms with Crippen molar-refractivity contribution in [2.45, 2.75) is 51.8 Å². The highest BCUT2D eigenvalue weighted by Gasteiger charge is 2.43. The zero-order valence-electron chi connectivity index (χ0n) is 14.7. The van der Waals surface area contributed by atoms with Crippen LogP contribution in [0.25, 0.3) is 0 Å². The summed E-state index contributed by atoms with van der Waals surface area (Å²) in [7, 11) is 0. The van der Waals surface area contributed by atoms with Crippen LogP contribution in [-0.2, 0) is 28.5 Å². The van der Waals surface area contributed by atoms with E-state index in [0.717, 1.165) is 13.0 Å². The summed E-state index contributed by atoms with van der Waals surface area (Å²) >= 11 is 0. The standard InChI is InChI=1S/C16H30O8/c1-4-5-20-6-7-21-8-9-22-16-11(2)14(18)15(19)13(24-16)10-23-12(3)17/h11,13-16,18-19H,4-10H2,1-3H3/t11-,13?,14?,15-,16+/m0/s1. The van der Waals surface area contributed by atoms with Crippen molar-refractivity contribution < 1.29 is 38.7 Å². The molecule has 1 fully saturated rings. The number of rotatable bonds is 11. The van der Waals surface area contributed by atoms with Gasteiger partial charge in [0.2, 0.25) is 0 Å². The first-order valence-corrected chi connectivity index (χ1v) is 8.39. The maximum absolute atomic E-state index is 10.9. The molecule has 0 aromatic carbocycles. The fourth-order valence-corrected chi connectivity index (χ4v) is 2.29. The summed E-state index contributed by atoms with van der Waals surface area (Å²) in [6.45, 7) is 7.30. The molecule has 1 saturated heterocycles. The van der Waals surface area contributed by atoms with Crippen LogP contribution >= 0.6 is 0 Å². The van der Waals surface area contributed by atoms with Crippen LogP contribution in [0.4, 0.5) is 0 Å². The normalized spacial score (nSPS) is 30.3. The van der Waals surface area contributed by atoms with E-state index in [9.17, 15) is 15.0 Å². The van der Waals surface area contributed by atoms with E-state index in [1.807, 2.05) is 6.92 Å². The van der Waals surface area contributed by atoms with E-state index < -0.39 is 36.5 Å². The second-order valence-electron chi connectivity index (χ2n) is 5.78. The average Bonchev–Trinajstić information content (AvgIpc) is 2.55. The maximum Gasteiger partial charge on any atom is 0.302 e. The Morgan fingerprint density at radius 3 is 2.29 bits per heavy atom. The summed E-state index contributed by atoms with van der Waals surface area (Å²) in [5, 5.41) is 20.1. The highest BCUT2D eigenvalue weighted by molar-refractivity contribution is 5.65. The van der Waals surface area contributed by atoms with Gasteiger partial charge in [-0.15, -0.1) is 0 Å². The van der Waals surface area contributed by atoms with Gasteiger partial charge < -0.3 is 33.9 Å². The zero-order valence-corrected chi connectivity index (χ0v) is 14.7. The van der Waals surface area contributed by atoms with Gasteiger partial charge in [-0.3, -0.25) is 4.79 Å². The molecule has 8 heteroatoms. The van der Waals surface area contributed by atoms with Crippen LogP contribution in [0.3, 0.4) is 0 Å². The monoisotopic (exact) mass is 350 g/mol. The van der Waals surface area contributed by atoms with Crippen LogP contribution in [0, 0.1) is 5.92 Å². The van der Waals surface area contributed by atoms with Crippen LogP contribution in [0.5, 0.6) is 0 Å². The second-order valence-corrected chi connectivity index (χ2v) is 5.78. The van der Waals surface area contributed by atoms with Gasteiger partial charge in [0.15, 0.2) is 6.29 Å². The largest absolute Gasteiger partial charge is 0.463 e. The molecule has 0 saturated carbocycles. The summed E-state index contributed by atoms with van der Waals surface area (Å²) in [4.78, 5) is 10.9. The Morgan fingerprint density at radius 2 is 1.67 bits per heavy atom. The molecule has 0 aromatic heterocycles. The topological polar surface area (TPSA) is 104 Å². The molecule has 0 bridgehead atoms. The van der Waals surface area contributed by atoms with Gasteiger partial charge in [0, 0.05) is 19.4 Å². The van der Waals surface area contributed by atoms with Crippen molar-refractivity contribution in [3.05, 3.63) is 0 Å². The summed E-state index contributed by atoms with van der Waals surface area (Å²) in [6.07, 6.45) is -2.71. The Balaban J connectivity index is 2.28. The summed E-state index contributed by atoms with van der Waals surface area (Å²) < 4.78 is 26.7. The van der Waals surface area contributed by atoms with E-state index >= 15 is 0 Å². The summed E-state index contributed by atoms with van der Waals surface area (Å²) in [5.74, 6) is -0.892. The Labute approximate surface area is 143 Å². The van der Waals surface area contributed by atoms with E-state index in [2.05, 4.69) is 0 Å². The quantitative estimate of drug-likeness (QED) is 0.399. The van der Waals surface area contributed by atoms with Gasteiger partial charge in [0.1, 0.15) is 18.8 Å². The number of hydrogen-bond acceptors (Lipinski definition) is 8. The van der Waals surface area contributed by atoms with E-state index in [0.29, 0.717) is 19.8 Å². The predicted octanol–water partition coefficient (Wildman–Crippen LogP) is 0.0921. The van der Waals surface area contributed by atoms with Crippen molar-refractivity contribution >= 4 is 5.97 Å². The molecular weight excluding hydrogens is 320 g/mol. The van der Waals surface area contributed by atoms with Crippen LogP contribution in [0.15, 0.2) is 0 Å². The van der Waals surface area contributed by atoms with Gasteiger partial charge in [0.05, 0.1) is 32.5 Å². The molecule has 8 nitrogen and oxygen atoms in total. The maximum atomic E-state index is 10.9. The smallest absolute Gasteiger partial charge is 0.302 e. The molecule has 0 spiro atoms. The fourth-order valence-electron chi connectivity index (χ4n) is 2.29. The van der Waals surface area contributed by atoms with Gasteiger partial charge >= 0.3 is 5.97 Å². The minimum atomic E-state index is -1.13. The fraction of sp³-hybridized carbons (Fsp3) is 0.938. The third kappa shape index (κ3) is 7.42. The summed E-state index contributed by atoms with van der Waals surface area (Å²) in [6, 6.07) is 0. The Morgan fingerprint density at radius 1 is 1.04 bits per heavy atom. The first-order valence-electron chi connectivity index (χ1n) is 8.39.